The molecule has 1 amide bonds. The number of nitrogens with zero attached hydrogens (tertiary/aromatic N) is 1. The predicted molar refractivity (Wildman–Crippen MR) is 72.9 cm³/mol. The molecule has 0 atom stereocenters. The molecule has 1 rings (SSSR count). The van der Waals surface area contributed by atoms with E-state index in [1.165, 1.54) is 18.4 Å². The number of hydrogen-bond donors (Lipinski definition) is 4. The van der Waals surface area contributed by atoms with Crippen molar-refractivity contribution < 1.29 is 4.79 Å². The van der Waals surface area contributed by atoms with Crippen LogP contribution in [-0.2, 0) is 11.3 Å². The van der Waals surface area contributed by atoms with Crippen molar-refractivity contribution in [3.63, 3.8) is 0 Å². The van der Waals surface area contributed by atoms with Crippen LogP contribution >= 0.6 is 0 Å². The molecular weight excluding hydrogens is 250 g/mol. The number of aromatic amines is 1. The van der Waals surface area contributed by atoms with Crippen molar-refractivity contribution >= 4 is 17.4 Å². The third-order valence-electron chi connectivity index (χ3n) is 2.74. The summed E-state index contributed by atoms with van der Waals surface area (Å²) in [6.45, 7) is 5.28. The highest BCUT2D eigenvalue weighted by atomic mass is 16.2. The van der Waals surface area contributed by atoms with Crippen LogP contribution in [0.5, 0.6) is 0 Å². The largest absolute Gasteiger partial charge is 0.383 e. The van der Waals surface area contributed by atoms with Gasteiger partial charge in [0, 0.05) is 6.54 Å². The number of anilines is 2. The molecule has 6 N–H and O–H groups in total. The zero-order valence-corrected chi connectivity index (χ0v) is 11.2. The van der Waals surface area contributed by atoms with E-state index < -0.39 is 22.7 Å². The Morgan fingerprint density at radius 3 is 2.47 bits per heavy atom. The summed E-state index contributed by atoms with van der Waals surface area (Å²) in [7, 11) is 0. The van der Waals surface area contributed by atoms with E-state index >= 15 is 0 Å². The maximum Gasteiger partial charge on any atom is 0.330 e. The first kappa shape index (κ1) is 14.8. The number of nitrogen functional groups attached to an aromatic ring is 1. The third-order valence-corrected chi connectivity index (χ3v) is 2.74. The van der Waals surface area contributed by atoms with Gasteiger partial charge in [-0.1, -0.05) is 6.92 Å². The van der Waals surface area contributed by atoms with Crippen molar-refractivity contribution in [1.29, 1.82) is 0 Å². The van der Waals surface area contributed by atoms with E-state index in [9.17, 15) is 14.4 Å². The van der Waals surface area contributed by atoms with Gasteiger partial charge in [-0.2, -0.15) is 0 Å². The lowest BCUT2D eigenvalue weighted by atomic mass is 10.1. The van der Waals surface area contributed by atoms with Crippen LogP contribution in [0.15, 0.2) is 9.59 Å². The van der Waals surface area contributed by atoms with E-state index in [1.807, 2.05) is 6.92 Å². The van der Waals surface area contributed by atoms with Crippen molar-refractivity contribution in [3.05, 3.63) is 20.8 Å². The second-order valence-corrected chi connectivity index (χ2v) is 4.79. The topological polar surface area (TPSA) is 136 Å². The van der Waals surface area contributed by atoms with Crippen LogP contribution in [-0.4, -0.2) is 21.0 Å². The Morgan fingerprint density at radius 1 is 1.42 bits per heavy atom. The Labute approximate surface area is 109 Å². The molecule has 19 heavy (non-hydrogen) atoms. The van der Waals surface area contributed by atoms with Crippen LogP contribution in [0.4, 0.5) is 11.5 Å². The molecule has 0 aliphatic carbocycles. The maximum absolute atomic E-state index is 11.8. The molecule has 0 bridgehead atoms. The highest BCUT2D eigenvalue weighted by molar-refractivity contribution is 5.87. The quantitative estimate of drug-likeness (QED) is 0.555. The first-order valence-corrected chi connectivity index (χ1v) is 5.91. The van der Waals surface area contributed by atoms with Gasteiger partial charge in [-0.15, -0.1) is 0 Å². The SMILES string of the molecule is CCCn1c(N)c(NC(C)(C)C(N)=O)c(=O)[nH]c1=O. The average molecular weight is 269 g/mol. The lowest BCUT2D eigenvalue weighted by Crippen LogP contribution is -2.47. The summed E-state index contributed by atoms with van der Waals surface area (Å²) in [4.78, 5) is 36.8. The number of carbonyl (C=O) groups is 1. The van der Waals surface area contributed by atoms with E-state index in [1.54, 1.807) is 0 Å². The van der Waals surface area contributed by atoms with Gasteiger partial charge in [0.15, 0.2) is 0 Å². The van der Waals surface area contributed by atoms with Gasteiger partial charge in [0.1, 0.15) is 17.0 Å². The number of nitrogens with one attached hydrogen (secondary N) is 2. The van der Waals surface area contributed by atoms with Crippen molar-refractivity contribution in [2.45, 2.75) is 39.3 Å². The summed E-state index contributed by atoms with van der Waals surface area (Å²) in [5, 5.41) is 2.68. The number of H-pyrrole nitrogens is 1. The molecule has 0 radical (unpaired) electrons. The van der Waals surface area contributed by atoms with Crippen LogP contribution in [0.2, 0.25) is 0 Å². The van der Waals surface area contributed by atoms with Crippen LogP contribution in [0.25, 0.3) is 0 Å². The standard InChI is InChI=1S/C11H19N5O3/c1-4-5-16-7(12)6(8(17)14-10(16)19)15-11(2,3)9(13)18/h15H,4-5,12H2,1-3H3,(H2,13,18)(H,14,17,19). The van der Waals surface area contributed by atoms with E-state index in [0.717, 1.165) is 0 Å². The molecule has 8 nitrogen and oxygen atoms in total. The zero-order valence-electron chi connectivity index (χ0n) is 11.2. The van der Waals surface area contributed by atoms with Gasteiger partial charge in [0.25, 0.3) is 5.56 Å². The number of carbonyl (C=O) groups excluding carboxylic acids is 1. The number of aromatic nitrogens is 2. The van der Waals surface area contributed by atoms with E-state index in [0.29, 0.717) is 13.0 Å². The molecule has 106 valence electrons. The lowest BCUT2D eigenvalue weighted by molar-refractivity contribution is -0.121. The number of amides is 1. The minimum atomic E-state index is -1.16. The summed E-state index contributed by atoms with van der Waals surface area (Å²) in [5.74, 6) is -0.649. The van der Waals surface area contributed by atoms with Gasteiger partial charge in [-0.25, -0.2) is 4.79 Å². The number of primary amides is 1. The Hall–Kier alpha value is -2.25. The molecule has 0 saturated heterocycles. The molecule has 0 aliphatic rings. The summed E-state index contributed by atoms with van der Waals surface area (Å²) < 4.78 is 1.24. The smallest absolute Gasteiger partial charge is 0.330 e. The molecule has 1 aromatic rings. The normalized spacial score (nSPS) is 11.3. The van der Waals surface area contributed by atoms with Crippen LogP contribution in [0.1, 0.15) is 27.2 Å². The molecule has 0 fully saturated rings. The third kappa shape index (κ3) is 2.95. The van der Waals surface area contributed by atoms with Gasteiger partial charge in [-0.3, -0.25) is 19.1 Å². The highest BCUT2D eigenvalue weighted by Gasteiger charge is 2.27. The summed E-state index contributed by atoms with van der Waals surface area (Å²) in [6, 6.07) is 0. The van der Waals surface area contributed by atoms with Gasteiger partial charge in [-0.05, 0) is 20.3 Å². The summed E-state index contributed by atoms with van der Waals surface area (Å²) >= 11 is 0. The van der Waals surface area contributed by atoms with E-state index in [4.69, 9.17) is 11.5 Å². The first-order valence-electron chi connectivity index (χ1n) is 5.91. The van der Waals surface area contributed by atoms with Crippen LogP contribution < -0.4 is 28.0 Å². The highest BCUT2D eigenvalue weighted by Crippen LogP contribution is 2.16. The van der Waals surface area contributed by atoms with Crippen LogP contribution in [0.3, 0.4) is 0 Å². The molecule has 0 aliphatic heterocycles. The number of hydrogen-bond acceptors (Lipinski definition) is 5. The molecule has 0 spiro atoms. The van der Waals surface area contributed by atoms with Crippen molar-refractivity contribution in [2.75, 3.05) is 11.1 Å². The van der Waals surface area contributed by atoms with Crippen molar-refractivity contribution in [1.82, 2.24) is 9.55 Å². The monoisotopic (exact) mass is 269 g/mol. The van der Waals surface area contributed by atoms with Gasteiger partial charge >= 0.3 is 5.69 Å². The molecule has 1 heterocycles. The molecule has 0 saturated carbocycles. The second kappa shape index (κ2) is 5.17. The Morgan fingerprint density at radius 2 is 2.00 bits per heavy atom. The minimum absolute atomic E-state index is 0.00933. The second-order valence-electron chi connectivity index (χ2n) is 4.79. The number of nitrogens with two attached hydrogens (primary N) is 2. The Balaban J connectivity index is 3.37. The van der Waals surface area contributed by atoms with Crippen LogP contribution in [0, 0.1) is 0 Å². The van der Waals surface area contributed by atoms with E-state index in [2.05, 4.69) is 10.3 Å². The van der Waals surface area contributed by atoms with Crippen molar-refractivity contribution in [3.8, 4) is 0 Å². The van der Waals surface area contributed by atoms with Gasteiger partial charge < -0.3 is 16.8 Å². The molecule has 0 aromatic carbocycles. The number of rotatable bonds is 5. The minimum Gasteiger partial charge on any atom is -0.383 e. The molecular formula is C11H19N5O3. The Bertz CT molecular complexity index is 599. The molecule has 0 unspecified atom stereocenters. The summed E-state index contributed by atoms with van der Waals surface area (Å²) in [5.41, 5.74) is 8.59. The lowest BCUT2D eigenvalue weighted by Gasteiger charge is -2.24. The molecule has 1 aromatic heterocycles. The zero-order chi connectivity index (χ0) is 14.8. The fourth-order valence-corrected chi connectivity index (χ4v) is 1.53. The fourth-order valence-electron chi connectivity index (χ4n) is 1.53. The van der Waals surface area contributed by atoms with Crippen molar-refractivity contribution in [2.24, 2.45) is 5.73 Å². The first-order chi connectivity index (χ1) is 8.70. The van der Waals surface area contributed by atoms with Gasteiger partial charge in [0.2, 0.25) is 5.91 Å². The molecule has 8 heteroatoms. The predicted octanol–water partition coefficient (Wildman–Crippen LogP) is -0.795. The maximum atomic E-state index is 11.8. The summed E-state index contributed by atoms with van der Waals surface area (Å²) in [6.07, 6.45) is 0.675. The van der Waals surface area contributed by atoms with E-state index in [-0.39, 0.29) is 11.5 Å². The average Bonchev–Trinajstić information content (AvgIpc) is 2.30. The van der Waals surface area contributed by atoms with Gasteiger partial charge in [0.05, 0.1) is 0 Å². The fraction of sp³-hybridized carbons (Fsp3) is 0.545. The Kier molecular flexibility index (Phi) is 4.03.